The molecule has 0 amide bonds. The second-order valence-corrected chi connectivity index (χ2v) is 2.89. The van der Waals surface area contributed by atoms with Gasteiger partial charge in [0.05, 0.1) is 0 Å². The van der Waals surface area contributed by atoms with Crippen LogP contribution in [0.3, 0.4) is 0 Å². The third-order valence-corrected chi connectivity index (χ3v) is 1.84. The Kier molecular flexibility index (Phi) is 11.2. The third-order valence-electron chi connectivity index (χ3n) is 1.84. The van der Waals surface area contributed by atoms with Gasteiger partial charge in [-0.05, 0) is 6.92 Å². The van der Waals surface area contributed by atoms with Gasteiger partial charge in [0.1, 0.15) is 0 Å². The van der Waals surface area contributed by atoms with Crippen LogP contribution in [0.5, 0.6) is 0 Å². The van der Waals surface area contributed by atoms with Crippen LogP contribution in [0.25, 0.3) is 10.8 Å². The van der Waals surface area contributed by atoms with Crippen LogP contribution in [0.4, 0.5) is 0 Å². The van der Waals surface area contributed by atoms with Gasteiger partial charge in [-0.15, -0.1) is 19.1 Å². The van der Waals surface area contributed by atoms with Gasteiger partial charge >= 0.3 is 0 Å². The summed E-state index contributed by atoms with van der Waals surface area (Å²) in [6.45, 7) is 3.49. The van der Waals surface area contributed by atoms with Crippen molar-refractivity contribution in [2.45, 2.75) is 13.8 Å². The molecule has 0 N–H and O–H groups in total. The van der Waals surface area contributed by atoms with E-state index in [1.807, 2.05) is 0 Å². The number of allylic oxidation sites excluding steroid dienone is 8. The molecule has 0 aromatic rings. The Labute approximate surface area is 147 Å². The van der Waals surface area contributed by atoms with Crippen molar-refractivity contribution in [1.82, 2.24) is 0 Å². The van der Waals surface area contributed by atoms with Crippen LogP contribution in [0.1, 0.15) is 13.8 Å². The van der Waals surface area contributed by atoms with Crippen molar-refractivity contribution >= 4 is 11.4 Å². The Morgan fingerprint density at radius 1 is 1.06 bits per heavy atom. The molecular weight excluding hydrogens is 350 g/mol. The summed E-state index contributed by atoms with van der Waals surface area (Å²) in [5, 5.41) is 18.9. The smallest absolute Gasteiger partial charge is 0 e. The fraction of sp³-hybridized carbons (Fsp3) is 0.167. The van der Waals surface area contributed by atoms with Crippen molar-refractivity contribution in [3.05, 3.63) is 58.4 Å². The first-order chi connectivity index (χ1) is 6.66. The van der Waals surface area contributed by atoms with Gasteiger partial charge in [0.2, 0.25) is 0 Å². The summed E-state index contributed by atoms with van der Waals surface area (Å²) in [4.78, 5) is 0. The summed E-state index contributed by atoms with van der Waals surface area (Å²) in [7, 11) is 0. The van der Waals surface area contributed by atoms with E-state index in [4.69, 9.17) is 0 Å². The molecule has 2 radical (unpaired) electrons. The molecule has 0 aliphatic heterocycles. The largest absolute Gasteiger partial charge is 0.856 e. The van der Waals surface area contributed by atoms with Crippen molar-refractivity contribution in [3.63, 3.8) is 0 Å². The van der Waals surface area contributed by atoms with Gasteiger partial charge in [-0.1, -0.05) is 5.57 Å². The molecule has 0 bridgehead atoms. The van der Waals surface area contributed by atoms with Crippen molar-refractivity contribution in [3.8, 4) is 0 Å². The molecule has 0 aromatic carbocycles. The molecule has 0 fully saturated rings. The molecule has 16 heavy (non-hydrogen) atoms. The molecule has 1 aliphatic carbocycles. The Morgan fingerprint density at radius 2 is 1.69 bits per heavy atom. The second-order valence-electron chi connectivity index (χ2n) is 2.89. The molecule has 1 aliphatic rings. The van der Waals surface area contributed by atoms with E-state index in [0.717, 1.165) is 0 Å². The Hall–Kier alpha value is 0.508. The maximum absolute atomic E-state index is 9.51. The molecule has 0 spiro atoms. The zero-order valence-electron chi connectivity index (χ0n) is 9.36. The first-order valence-corrected chi connectivity index (χ1v) is 4.27. The summed E-state index contributed by atoms with van der Waals surface area (Å²) >= 11 is 0. The zero-order chi connectivity index (χ0) is 10.6. The van der Waals surface area contributed by atoms with Crippen LogP contribution in [-0.4, -0.2) is 11.4 Å². The van der Waals surface area contributed by atoms with Gasteiger partial charge in [-0.25, -0.2) is 11.8 Å². The molecule has 78 valence electrons. The minimum atomic E-state index is -0.134. The average molecular weight is 360 g/mol. The predicted molar refractivity (Wildman–Crippen MR) is 59.9 cm³/mol. The SMILES string of the molecule is C[C-]=CC=[C-]C1=CC=C(C)C(=[N-])C1=[N-].[Y].[Y]. The molecule has 1 rings (SSSR count). The van der Waals surface area contributed by atoms with Gasteiger partial charge in [-0.3, -0.25) is 11.8 Å². The normalized spacial score (nSPS) is 15.6. The fourth-order valence-electron chi connectivity index (χ4n) is 1.01. The van der Waals surface area contributed by atoms with Crippen LogP contribution >= 0.6 is 0 Å². The van der Waals surface area contributed by atoms with Crippen LogP contribution in [0, 0.1) is 12.2 Å². The third kappa shape index (κ3) is 5.23. The quantitative estimate of drug-likeness (QED) is 0.413. The van der Waals surface area contributed by atoms with E-state index >= 15 is 0 Å². The monoisotopic (exact) mass is 360 g/mol. The van der Waals surface area contributed by atoms with E-state index in [-0.39, 0.29) is 76.8 Å². The van der Waals surface area contributed by atoms with E-state index < -0.39 is 0 Å². The van der Waals surface area contributed by atoms with Crippen molar-refractivity contribution in [2.75, 3.05) is 0 Å². The molecule has 0 atom stereocenters. The van der Waals surface area contributed by atoms with Crippen molar-refractivity contribution < 1.29 is 65.4 Å². The number of rotatable bonds is 2. The standard InChI is InChI=1S/C12H10N2.2Y/c1-3-4-5-6-10-8-7-9(2)11(13)12(10)14;;/h4-5,7-8H,1-2H3;;/q-4;;. The molecular formula is C12H10N2Y2-4. The van der Waals surface area contributed by atoms with E-state index in [1.54, 1.807) is 38.2 Å². The number of hydrogen-bond acceptors (Lipinski definition) is 0. The average Bonchev–Trinajstić information content (AvgIpc) is 2.18. The van der Waals surface area contributed by atoms with Crippen LogP contribution in [0.15, 0.2) is 35.5 Å². The van der Waals surface area contributed by atoms with E-state index in [2.05, 4.69) is 12.2 Å². The fourth-order valence-corrected chi connectivity index (χ4v) is 1.01. The van der Waals surface area contributed by atoms with Gasteiger partial charge in [0.15, 0.2) is 0 Å². The van der Waals surface area contributed by atoms with Crippen molar-refractivity contribution in [2.24, 2.45) is 0 Å². The van der Waals surface area contributed by atoms with Gasteiger partial charge in [0, 0.05) is 65.4 Å². The number of hydrogen-bond donors (Lipinski definition) is 0. The summed E-state index contributed by atoms with van der Waals surface area (Å²) < 4.78 is 0. The summed E-state index contributed by atoms with van der Waals surface area (Å²) in [6, 6.07) is 0. The molecule has 0 unspecified atom stereocenters. The van der Waals surface area contributed by atoms with E-state index in [0.29, 0.717) is 11.1 Å². The van der Waals surface area contributed by atoms with Gasteiger partial charge < -0.3 is 23.0 Å². The maximum Gasteiger partial charge on any atom is 0 e. The first-order valence-electron chi connectivity index (χ1n) is 4.27. The summed E-state index contributed by atoms with van der Waals surface area (Å²) in [5.74, 6) is 0. The molecule has 0 aromatic heterocycles. The molecule has 2 nitrogen and oxygen atoms in total. The predicted octanol–water partition coefficient (Wildman–Crippen LogP) is 2.63. The number of nitrogens with zero attached hydrogens (tertiary/aromatic N) is 2. The Bertz CT molecular complexity index is 388. The van der Waals surface area contributed by atoms with Crippen molar-refractivity contribution in [1.29, 1.82) is 0 Å². The summed E-state index contributed by atoms with van der Waals surface area (Å²) in [6.07, 6.45) is 12.4. The van der Waals surface area contributed by atoms with Crippen LogP contribution < -0.4 is 0 Å². The van der Waals surface area contributed by atoms with E-state index in [9.17, 15) is 10.8 Å². The molecule has 0 saturated carbocycles. The minimum absolute atomic E-state index is 0. The maximum atomic E-state index is 9.51. The minimum Gasteiger partial charge on any atom is -0.856 e. The first kappa shape index (κ1) is 18.9. The topological polar surface area (TPSA) is 44.6 Å². The summed E-state index contributed by atoms with van der Waals surface area (Å²) in [5.41, 5.74) is 0.892. The second kappa shape index (κ2) is 9.53. The molecule has 4 heteroatoms. The molecule has 0 saturated heterocycles. The van der Waals surface area contributed by atoms with Crippen LogP contribution in [-0.2, 0) is 65.4 Å². The van der Waals surface area contributed by atoms with E-state index in [1.165, 1.54) is 0 Å². The van der Waals surface area contributed by atoms with Gasteiger partial charge in [-0.2, -0.15) is 5.57 Å². The van der Waals surface area contributed by atoms with Gasteiger partial charge in [0.25, 0.3) is 0 Å². The zero-order valence-corrected chi connectivity index (χ0v) is 15.0. The Morgan fingerprint density at radius 3 is 2.25 bits per heavy atom. The Balaban J connectivity index is 0. The molecule has 0 heterocycles. The van der Waals surface area contributed by atoms with Crippen LogP contribution in [0.2, 0.25) is 0 Å².